The molecule has 26 heavy (non-hydrogen) atoms. The van der Waals surface area contributed by atoms with Crippen molar-refractivity contribution in [3.8, 4) is 0 Å². The molecule has 0 saturated heterocycles. The molecule has 0 heterocycles. The Labute approximate surface area is 160 Å². The van der Waals surface area contributed by atoms with Crippen LogP contribution in [0.25, 0.3) is 0 Å². The summed E-state index contributed by atoms with van der Waals surface area (Å²) < 4.78 is 0. The molecule has 0 atom stereocenters. The van der Waals surface area contributed by atoms with Crippen LogP contribution in [0.15, 0.2) is 42.5 Å². The van der Waals surface area contributed by atoms with Crippen LogP contribution in [0.4, 0.5) is 5.69 Å². The van der Waals surface area contributed by atoms with Crippen molar-refractivity contribution in [3.05, 3.63) is 64.2 Å². The van der Waals surface area contributed by atoms with Crippen molar-refractivity contribution < 1.29 is 9.59 Å². The Bertz CT molecular complexity index is 802. The second kappa shape index (κ2) is 8.86. The topological polar surface area (TPSA) is 49.4 Å². The molecule has 138 valence electrons. The van der Waals surface area contributed by atoms with E-state index in [4.69, 9.17) is 11.6 Å². The van der Waals surface area contributed by atoms with Gasteiger partial charge in [0.1, 0.15) is 6.54 Å². The third-order valence-electron chi connectivity index (χ3n) is 4.29. The Morgan fingerprint density at radius 2 is 1.81 bits per heavy atom. The average Bonchev–Trinajstić information content (AvgIpc) is 2.57. The van der Waals surface area contributed by atoms with Gasteiger partial charge in [-0.05, 0) is 35.6 Å². The largest absolute Gasteiger partial charge is 0.329 e. The van der Waals surface area contributed by atoms with E-state index in [0.29, 0.717) is 11.6 Å². The Kier molecular flexibility index (Phi) is 6.81. The third-order valence-corrected chi connectivity index (χ3v) is 4.66. The van der Waals surface area contributed by atoms with Crippen LogP contribution in [0.3, 0.4) is 0 Å². The Hall–Kier alpha value is -2.33. The molecule has 1 N–H and O–H groups in total. The van der Waals surface area contributed by atoms with E-state index in [9.17, 15) is 9.59 Å². The van der Waals surface area contributed by atoms with Gasteiger partial charge in [0.25, 0.3) is 0 Å². The van der Waals surface area contributed by atoms with Gasteiger partial charge in [-0.15, -0.1) is 0 Å². The number of nitrogens with zero attached hydrogens (tertiary/aromatic N) is 1. The van der Waals surface area contributed by atoms with E-state index in [1.165, 1.54) is 11.8 Å². The van der Waals surface area contributed by atoms with E-state index in [2.05, 4.69) is 19.2 Å². The third kappa shape index (κ3) is 5.09. The van der Waals surface area contributed by atoms with Crippen LogP contribution in [0, 0.1) is 6.92 Å². The Morgan fingerprint density at radius 3 is 2.42 bits per heavy atom. The summed E-state index contributed by atoms with van der Waals surface area (Å²) in [5, 5.41) is 3.56. The highest BCUT2D eigenvalue weighted by atomic mass is 35.5. The zero-order valence-corrected chi connectivity index (χ0v) is 16.4. The van der Waals surface area contributed by atoms with Gasteiger partial charge in [0.2, 0.25) is 11.8 Å². The Morgan fingerprint density at radius 1 is 1.12 bits per heavy atom. The number of aryl methyl sites for hydroxylation is 1. The van der Waals surface area contributed by atoms with Gasteiger partial charge in [0, 0.05) is 24.2 Å². The fourth-order valence-electron chi connectivity index (χ4n) is 2.81. The first-order valence-corrected chi connectivity index (χ1v) is 9.05. The van der Waals surface area contributed by atoms with Crippen LogP contribution in [0.5, 0.6) is 0 Å². The van der Waals surface area contributed by atoms with Crippen LogP contribution < -0.4 is 5.32 Å². The molecule has 2 amide bonds. The molecule has 0 radical (unpaired) electrons. The monoisotopic (exact) mass is 372 g/mol. The van der Waals surface area contributed by atoms with Gasteiger partial charge < -0.3 is 10.2 Å². The lowest BCUT2D eigenvalue weighted by Gasteiger charge is -2.22. The van der Waals surface area contributed by atoms with E-state index in [-0.39, 0.29) is 24.3 Å². The molecule has 0 unspecified atom stereocenters. The van der Waals surface area contributed by atoms with Gasteiger partial charge in [0.05, 0.1) is 0 Å². The molecular formula is C21H25ClN2O2. The standard InChI is InChI=1S/C21H25ClN2O2/c1-14(2)18-10-7-8-15(3)21(18)23-20(26)13-24(16(4)25)12-17-9-5-6-11-19(17)22/h5-11,14H,12-13H2,1-4H3,(H,23,26). The maximum absolute atomic E-state index is 12.6. The highest BCUT2D eigenvalue weighted by molar-refractivity contribution is 6.31. The molecule has 0 aliphatic rings. The molecule has 2 rings (SSSR count). The van der Waals surface area contributed by atoms with Crippen molar-refractivity contribution in [2.45, 2.75) is 40.2 Å². The number of amides is 2. The molecule has 4 nitrogen and oxygen atoms in total. The van der Waals surface area contributed by atoms with Crippen LogP contribution in [0.1, 0.15) is 43.4 Å². The molecule has 0 saturated carbocycles. The van der Waals surface area contributed by atoms with Crippen LogP contribution in [-0.2, 0) is 16.1 Å². The van der Waals surface area contributed by atoms with Crippen molar-refractivity contribution >= 4 is 29.1 Å². The van der Waals surface area contributed by atoms with E-state index < -0.39 is 0 Å². The van der Waals surface area contributed by atoms with Gasteiger partial charge in [-0.1, -0.05) is 61.8 Å². The molecule has 0 aliphatic carbocycles. The van der Waals surface area contributed by atoms with Gasteiger partial charge in [-0.3, -0.25) is 9.59 Å². The summed E-state index contributed by atoms with van der Waals surface area (Å²) >= 11 is 6.18. The van der Waals surface area contributed by atoms with Gasteiger partial charge in [-0.2, -0.15) is 0 Å². The summed E-state index contributed by atoms with van der Waals surface area (Å²) in [6.45, 7) is 7.87. The van der Waals surface area contributed by atoms with Crippen molar-refractivity contribution in [2.24, 2.45) is 0 Å². The maximum Gasteiger partial charge on any atom is 0.244 e. The zero-order chi connectivity index (χ0) is 19.3. The number of hydrogen-bond donors (Lipinski definition) is 1. The van der Waals surface area contributed by atoms with Crippen molar-refractivity contribution in [1.82, 2.24) is 4.90 Å². The summed E-state index contributed by atoms with van der Waals surface area (Å²) in [6, 6.07) is 13.3. The lowest BCUT2D eigenvalue weighted by molar-refractivity contribution is -0.133. The summed E-state index contributed by atoms with van der Waals surface area (Å²) in [4.78, 5) is 26.1. The lowest BCUT2D eigenvalue weighted by atomic mass is 9.98. The maximum atomic E-state index is 12.6. The number of anilines is 1. The number of carbonyl (C=O) groups excluding carboxylic acids is 2. The Balaban J connectivity index is 2.14. The summed E-state index contributed by atoms with van der Waals surface area (Å²) in [5.74, 6) is -0.102. The number of halogens is 1. The minimum absolute atomic E-state index is 0.0214. The van der Waals surface area contributed by atoms with Crippen molar-refractivity contribution in [2.75, 3.05) is 11.9 Å². The molecular weight excluding hydrogens is 348 g/mol. The first kappa shape index (κ1) is 20.0. The van der Waals surface area contributed by atoms with E-state index in [1.807, 2.05) is 43.3 Å². The fourth-order valence-corrected chi connectivity index (χ4v) is 3.00. The van der Waals surface area contributed by atoms with E-state index in [1.54, 1.807) is 6.07 Å². The van der Waals surface area contributed by atoms with Gasteiger partial charge in [0.15, 0.2) is 0 Å². The number of rotatable bonds is 6. The van der Waals surface area contributed by atoms with Crippen molar-refractivity contribution in [3.63, 3.8) is 0 Å². The molecule has 0 aliphatic heterocycles. The SMILES string of the molecule is CC(=O)N(CC(=O)Nc1c(C)cccc1C(C)C)Cc1ccccc1Cl. The number of carbonyl (C=O) groups is 2. The lowest BCUT2D eigenvalue weighted by Crippen LogP contribution is -2.36. The van der Waals surface area contributed by atoms with Gasteiger partial charge in [-0.25, -0.2) is 0 Å². The second-order valence-electron chi connectivity index (χ2n) is 6.71. The minimum atomic E-state index is -0.219. The van der Waals surface area contributed by atoms with E-state index in [0.717, 1.165) is 22.4 Å². The number of para-hydroxylation sites is 1. The summed E-state index contributed by atoms with van der Waals surface area (Å²) in [5.41, 5.74) is 3.73. The van der Waals surface area contributed by atoms with Crippen LogP contribution in [-0.4, -0.2) is 23.3 Å². The quantitative estimate of drug-likeness (QED) is 0.794. The normalized spacial score (nSPS) is 10.7. The molecule has 2 aromatic rings. The van der Waals surface area contributed by atoms with Gasteiger partial charge >= 0.3 is 0 Å². The van der Waals surface area contributed by atoms with Crippen molar-refractivity contribution in [1.29, 1.82) is 0 Å². The number of hydrogen-bond acceptors (Lipinski definition) is 2. The highest BCUT2D eigenvalue weighted by Crippen LogP contribution is 2.27. The predicted octanol–water partition coefficient (Wildman–Crippen LogP) is 4.76. The van der Waals surface area contributed by atoms with Crippen LogP contribution in [0.2, 0.25) is 5.02 Å². The predicted molar refractivity (Wildman–Crippen MR) is 106 cm³/mol. The molecule has 5 heteroatoms. The first-order valence-electron chi connectivity index (χ1n) is 8.68. The summed E-state index contributed by atoms with van der Waals surface area (Å²) in [6.07, 6.45) is 0. The second-order valence-corrected chi connectivity index (χ2v) is 7.12. The highest BCUT2D eigenvalue weighted by Gasteiger charge is 2.17. The first-order chi connectivity index (χ1) is 12.3. The smallest absolute Gasteiger partial charge is 0.244 e. The van der Waals surface area contributed by atoms with E-state index >= 15 is 0 Å². The number of nitrogens with one attached hydrogen (secondary N) is 1. The average molecular weight is 373 g/mol. The molecule has 0 aromatic heterocycles. The molecule has 0 bridgehead atoms. The molecule has 2 aromatic carbocycles. The molecule has 0 spiro atoms. The summed E-state index contributed by atoms with van der Waals surface area (Å²) in [7, 11) is 0. The zero-order valence-electron chi connectivity index (χ0n) is 15.7. The minimum Gasteiger partial charge on any atom is -0.329 e. The fraction of sp³-hybridized carbons (Fsp3) is 0.333. The molecule has 0 fully saturated rings. The number of benzene rings is 2. The van der Waals surface area contributed by atoms with Crippen LogP contribution >= 0.6 is 11.6 Å².